The molecule has 5 nitrogen and oxygen atoms in total. The SMILES string of the molecule is COc1ccc(C)cc1-n1cc(C2CCOCC2)nn1. The van der Waals surface area contributed by atoms with E-state index in [-0.39, 0.29) is 0 Å². The normalized spacial score (nSPS) is 16.3. The lowest BCUT2D eigenvalue weighted by Crippen LogP contribution is -2.14. The molecule has 0 spiro atoms. The zero-order chi connectivity index (χ0) is 13.9. The number of ether oxygens (including phenoxy) is 2. The first-order valence-electron chi connectivity index (χ1n) is 6.93. The van der Waals surface area contributed by atoms with Crippen LogP contribution in [-0.2, 0) is 4.74 Å². The Bertz CT molecular complexity index is 589. The first-order chi connectivity index (χ1) is 9.78. The highest BCUT2D eigenvalue weighted by Crippen LogP contribution is 2.27. The van der Waals surface area contributed by atoms with Crippen LogP contribution in [0.5, 0.6) is 5.75 Å². The Labute approximate surface area is 118 Å². The van der Waals surface area contributed by atoms with Gasteiger partial charge in [-0.2, -0.15) is 0 Å². The van der Waals surface area contributed by atoms with E-state index in [2.05, 4.69) is 23.3 Å². The van der Waals surface area contributed by atoms with Crippen molar-refractivity contribution in [2.45, 2.75) is 25.7 Å². The minimum Gasteiger partial charge on any atom is -0.494 e. The number of hydrogen-bond acceptors (Lipinski definition) is 4. The van der Waals surface area contributed by atoms with Crippen LogP contribution in [0, 0.1) is 6.92 Å². The van der Waals surface area contributed by atoms with E-state index < -0.39 is 0 Å². The van der Waals surface area contributed by atoms with E-state index in [4.69, 9.17) is 9.47 Å². The van der Waals surface area contributed by atoms with Crippen LogP contribution < -0.4 is 4.74 Å². The molecular formula is C15H19N3O2. The van der Waals surface area contributed by atoms with Gasteiger partial charge in [0.25, 0.3) is 0 Å². The van der Waals surface area contributed by atoms with E-state index in [9.17, 15) is 0 Å². The Morgan fingerprint density at radius 3 is 2.85 bits per heavy atom. The second kappa shape index (κ2) is 5.63. The third-order valence-electron chi connectivity index (χ3n) is 3.73. The van der Waals surface area contributed by atoms with Gasteiger partial charge in [-0.15, -0.1) is 5.10 Å². The first-order valence-corrected chi connectivity index (χ1v) is 6.93. The first kappa shape index (κ1) is 13.1. The molecule has 0 radical (unpaired) electrons. The molecule has 1 aromatic carbocycles. The molecule has 2 heterocycles. The molecule has 0 aliphatic carbocycles. The zero-order valence-corrected chi connectivity index (χ0v) is 11.9. The number of benzene rings is 1. The van der Waals surface area contributed by atoms with Crippen molar-refractivity contribution in [3.05, 3.63) is 35.7 Å². The van der Waals surface area contributed by atoms with Crippen LogP contribution in [0.1, 0.15) is 30.0 Å². The Balaban J connectivity index is 1.91. The molecule has 1 aromatic heterocycles. The summed E-state index contributed by atoms with van der Waals surface area (Å²) in [4.78, 5) is 0. The number of hydrogen-bond donors (Lipinski definition) is 0. The fourth-order valence-electron chi connectivity index (χ4n) is 2.55. The summed E-state index contributed by atoms with van der Waals surface area (Å²) >= 11 is 0. The van der Waals surface area contributed by atoms with E-state index in [1.165, 1.54) is 5.56 Å². The summed E-state index contributed by atoms with van der Waals surface area (Å²) in [5.41, 5.74) is 3.14. The minimum atomic E-state index is 0.452. The average Bonchev–Trinajstić information content (AvgIpc) is 2.98. The average molecular weight is 273 g/mol. The van der Waals surface area contributed by atoms with Gasteiger partial charge in [-0.25, -0.2) is 4.68 Å². The summed E-state index contributed by atoms with van der Waals surface area (Å²) in [7, 11) is 1.67. The van der Waals surface area contributed by atoms with Crippen molar-refractivity contribution in [3.63, 3.8) is 0 Å². The Morgan fingerprint density at radius 1 is 1.30 bits per heavy atom. The molecule has 0 N–H and O–H groups in total. The van der Waals surface area contributed by atoms with Crippen molar-refractivity contribution < 1.29 is 9.47 Å². The van der Waals surface area contributed by atoms with Crippen LogP contribution in [0.15, 0.2) is 24.4 Å². The lowest BCUT2D eigenvalue weighted by Gasteiger charge is -2.19. The van der Waals surface area contributed by atoms with Gasteiger partial charge in [0.15, 0.2) is 0 Å². The number of aromatic nitrogens is 3. The molecule has 20 heavy (non-hydrogen) atoms. The second-order valence-corrected chi connectivity index (χ2v) is 5.15. The number of methoxy groups -OCH3 is 1. The summed E-state index contributed by atoms with van der Waals surface area (Å²) in [6.45, 7) is 3.68. The predicted octanol–water partition coefficient (Wildman–Crippen LogP) is 2.48. The van der Waals surface area contributed by atoms with Crippen LogP contribution in [-0.4, -0.2) is 35.3 Å². The van der Waals surface area contributed by atoms with Gasteiger partial charge in [0.1, 0.15) is 11.4 Å². The van der Waals surface area contributed by atoms with Crippen LogP contribution in [0.2, 0.25) is 0 Å². The van der Waals surface area contributed by atoms with Crippen molar-refractivity contribution in [3.8, 4) is 11.4 Å². The lowest BCUT2D eigenvalue weighted by molar-refractivity contribution is 0.0845. The Hall–Kier alpha value is -1.88. The van der Waals surface area contributed by atoms with E-state index in [1.807, 2.05) is 18.3 Å². The molecule has 0 bridgehead atoms. The van der Waals surface area contributed by atoms with Gasteiger partial charge >= 0.3 is 0 Å². The maximum absolute atomic E-state index is 5.40. The zero-order valence-electron chi connectivity index (χ0n) is 11.9. The third-order valence-corrected chi connectivity index (χ3v) is 3.73. The van der Waals surface area contributed by atoms with Crippen molar-refractivity contribution in [1.29, 1.82) is 0 Å². The molecule has 1 aliphatic rings. The topological polar surface area (TPSA) is 49.2 Å². The molecule has 0 atom stereocenters. The highest BCUT2D eigenvalue weighted by Gasteiger charge is 2.19. The van der Waals surface area contributed by atoms with Crippen molar-refractivity contribution in [2.75, 3.05) is 20.3 Å². The molecule has 0 unspecified atom stereocenters. The molecule has 2 aromatic rings. The molecule has 0 saturated carbocycles. The highest BCUT2D eigenvalue weighted by atomic mass is 16.5. The summed E-state index contributed by atoms with van der Waals surface area (Å²) in [6, 6.07) is 6.04. The summed E-state index contributed by atoms with van der Waals surface area (Å²) in [5.74, 6) is 1.26. The summed E-state index contributed by atoms with van der Waals surface area (Å²) < 4.78 is 12.6. The highest BCUT2D eigenvalue weighted by molar-refractivity contribution is 5.48. The fourth-order valence-corrected chi connectivity index (χ4v) is 2.55. The van der Waals surface area contributed by atoms with Crippen molar-refractivity contribution in [1.82, 2.24) is 15.0 Å². The smallest absolute Gasteiger partial charge is 0.144 e. The van der Waals surface area contributed by atoms with Crippen LogP contribution in [0.4, 0.5) is 0 Å². The maximum Gasteiger partial charge on any atom is 0.144 e. The Kier molecular flexibility index (Phi) is 3.69. The molecule has 3 rings (SSSR count). The molecule has 1 saturated heterocycles. The Morgan fingerprint density at radius 2 is 2.10 bits per heavy atom. The van der Waals surface area contributed by atoms with Gasteiger partial charge in [0.05, 0.1) is 19.0 Å². The molecule has 106 valence electrons. The molecule has 1 fully saturated rings. The van der Waals surface area contributed by atoms with Gasteiger partial charge in [-0.05, 0) is 37.5 Å². The van der Waals surface area contributed by atoms with E-state index in [1.54, 1.807) is 11.8 Å². The van der Waals surface area contributed by atoms with Gasteiger partial charge in [0.2, 0.25) is 0 Å². The quantitative estimate of drug-likeness (QED) is 0.862. The monoisotopic (exact) mass is 273 g/mol. The maximum atomic E-state index is 5.40. The van der Waals surface area contributed by atoms with E-state index >= 15 is 0 Å². The largest absolute Gasteiger partial charge is 0.494 e. The van der Waals surface area contributed by atoms with Crippen LogP contribution in [0.3, 0.4) is 0 Å². The number of rotatable bonds is 3. The molecule has 1 aliphatic heterocycles. The lowest BCUT2D eigenvalue weighted by atomic mass is 9.97. The van der Waals surface area contributed by atoms with E-state index in [0.717, 1.165) is 43.2 Å². The van der Waals surface area contributed by atoms with Gasteiger partial charge < -0.3 is 9.47 Å². The third kappa shape index (κ3) is 2.54. The second-order valence-electron chi connectivity index (χ2n) is 5.15. The van der Waals surface area contributed by atoms with Crippen LogP contribution in [0.25, 0.3) is 5.69 Å². The standard InChI is InChI=1S/C15H19N3O2/c1-11-3-4-15(19-2)14(9-11)18-10-13(16-17-18)12-5-7-20-8-6-12/h3-4,9-10,12H,5-8H2,1-2H3. The summed E-state index contributed by atoms with van der Waals surface area (Å²) in [6.07, 6.45) is 4.04. The molecule has 0 amide bonds. The number of nitrogens with zero attached hydrogens (tertiary/aromatic N) is 3. The number of aryl methyl sites for hydroxylation is 1. The van der Waals surface area contributed by atoms with E-state index in [0.29, 0.717) is 5.92 Å². The molecular weight excluding hydrogens is 254 g/mol. The van der Waals surface area contributed by atoms with Gasteiger partial charge in [-0.1, -0.05) is 11.3 Å². The van der Waals surface area contributed by atoms with Gasteiger partial charge in [0, 0.05) is 19.1 Å². The fraction of sp³-hybridized carbons (Fsp3) is 0.467. The van der Waals surface area contributed by atoms with Crippen molar-refractivity contribution in [2.24, 2.45) is 0 Å². The van der Waals surface area contributed by atoms with Crippen LogP contribution >= 0.6 is 0 Å². The summed E-state index contributed by atoms with van der Waals surface area (Å²) in [5, 5.41) is 8.58. The van der Waals surface area contributed by atoms with Crippen molar-refractivity contribution >= 4 is 0 Å². The van der Waals surface area contributed by atoms with Gasteiger partial charge in [-0.3, -0.25) is 0 Å². The minimum absolute atomic E-state index is 0.452. The predicted molar refractivity (Wildman–Crippen MR) is 75.4 cm³/mol. The molecule has 5 heteroatoms.